The quantitative estimate of drug-likeness (QED) is 0.581. The zero-order chi connectivity index (χ0) is 17.1. The van der Waals surface area contributed by atoms with Gasteiger partial charge in [-0.1, -0.05) is 44.0 Å². The fourth-order valence-electron chi connectivity index (χ4n) is 3.37. The Morgan fingerprint density at radius 3 is 2.27 bits per heavy atom. The molecule has 6 heteroatoms. The Hall–Kier alpha value is 0.0949. The molecule has 0 saturated heterocycles. The van der Waals surface area contributed by atoms with E-state index in [0.717, 1.165) is 52.2 Å². The average Bonchev–Trinajstić information content (AvgIpc) is 2.55. The summed E-state index contributed by atoms with van der Waals surface area (Å²) in [5, 5.41) is 9.64. The molecule has 2 aromatic rings. The summed E-state index contributed by atoms with van der Waals surface area (Å²) in [5.74, 6) is 0.295. The molecule has 0 aromatic heterocycles. The van der Waals surface area contributed by atoms with Crippen molar-refractivity contribution in [2.24, 2.45) is 0 Å². The molecular weight excluding hydrogens is 466 g/mol. The van der Waals surface area contributed by atoms with Gasteiger partial charge in [0.15, 0.2) is 5.78 Å². The second-order valence-electron chi connectivity index (χ2n) is 6.33. The normalized spacial score (nSPS) is 17.5. The van der Waals surface area contributed by atoms with Gasteiger partial charge in [-0.3, -0.25) is 4.79 Å². The van der Waals surface area contributed by atoms with Gasteiger partial charge >= 0.3 is 29.6 Å². The van der Waals surface area contributed by atoms with Crippen LogP contribution in [0.25, 0.3) is 0 Å². The van der Waals surface area contributed by atoms with Crippen LogP contribution in [-0.4, -0.2) is 19.3 Å². The van der Waals surface area contributed by atoms with E-state index >= 15 is 0 Å². The van der Waals surface area contributed by atoms with E-state index in [1.165, 1.54) is 11.1 Å². The Kier molecular flexibility index (Phi) is 10.4. The van der Waals surface area contributed by atoms with Crippen molar-refractivity contribution in [2.45, 2.75) is 44.6 Å². The van der Waals surface area contributed by atoms with Crippen molar-refractivity contribution in [1.29, 1.82) is 0 Å². The summed E-state index contributed by atoms with van der Waals surface area (Å²) in [7, 11) is 0. The van der Waals surface area contributed by atoms with Crippen LogP contribution >= 0.6 is 31.9 Å². The molecule has 2 aliphatic carbocycles. The first kappa shape index (κ1) is 24.1. The van der Waals surface area contributed by atoms with Gasteiger partial charge in [0, 0.05) is 29.3 Å². The van der Waals surface area contributed by atoms with Crippen LogP contribution in [0.1, 0.15) is 60.3 Å². The number of hydrogen-bond donors (Lipinski definition) is 1. The maximum Gasteiger partial charge on any atom is 1.00 e. The number of rotatable bonds is 0. The number of hydrogen-bond acceptors (Lipinski definition) is 2. The number of aryl methyl sites for hydroxylation is 2. The molecule has 1 atom stereocenters. The van der Waals surface area contributed by atoms with Crippen LogP contribution in [0.15, 0.2) is 45.3 Å². The van der Waals surface area contributed by atoms with E-state index in [-0.39, 0.29) is 45.5 Å². The van der Waals surface area contributed by atoms with Gasteiger partial charge in [0.25, 0.3) is 0 Å². The van der Waals surface area contributed by atoms with Crippen molar-refractivity contribution >= 4 is 46.1 Å². The Labute approximate surface area is 197 Å². The predicted octanol–water partition coefficient (Wildman–Crippen LogP) is 2.52. The third-order valence-corrected chi connectivity index (χ3v) is 5.59. The number of benzene rings is 2. The molecule has 1 N–H and O–H groups in total. The number of fused-ring (bicyclic) bond motifs is 2. The molecule has 26 heavy (non-hydrogen) atoms. The van der Waals surface area contributed by atoms with Crippen molar-refractivity contribution in [3.8, 4) is 0 Å². The average molecular weight is 487 g/mol. The first-order valence-electron chi connectivity index (χ1n) is 8.32. The molecule has 0 heterocycles. The molecule has 2 aromatic carbocycles. The van der Waals surface area contributed by atoms with E-state index in [0.29, 0.717) is 12.2 Å². The summed E-state index contributed by atoms with van der Waals surface area (Å²) < 4.78 is 2.17. The minimum atomic E-state index is -0.234. The van der Waals surface area contributed by atoms with Crippen LogP contribution in [0.2, 0.25) is 0 Å². The first-order valence-corrected chi connectivity index (χ1v) is 9.91. The SMILES string of the molecule is O=C1CCCc2cc(Br)ccc21.OC1CCCc2cc(Br)ccc21.[B].[H-].[Na+]. The third kappa shape index (κ3) is 6.05. The molecule has 0 amide bonds. The monoisotopic (exact) mass is 485 g/mol. The molecule has 4 rings (SSSR count). The molecule has 2 nitrogen and oxygen atoms in total. The van der Waals surface area contributed by atoms with Gasteiger partial charge in [0.2, 0.25) is 0 Å². The molecule has 0 spiro atoms. The van der Waals surface area contributed by atoms with Crippen LogP contribution < -0.4 is 29.6 Å². The fraction of sp³-hybridized carbons (Fsp3) is 0.350. The third-order valence-electron chi connectivity index (χ3n) is 4.61. The van der Waals surface area contributed by atoms with Crippen LogP contribution in [0.4, 0.5) is 0 Å². The zero-order valence-corrected chi connectivity index (χ0v) is 20.1. The summed E-state index contributed by atoms with van der Waals surface area (Å²) in [6, 6.07) is 12.0. The molecule has 0 bridgehead atoms. The smallest absolute Gasteiger partial charge is 1.00 e. The van der Waals surface area contributed by atoms with Crippen LogP contribution in [0, 0.1) is 0 Å². The van der Waals surface area contributed by atoms with Gasteiger partial charge in [-0.25, -0.2) is 0 Å². The van der Waals surface area contributed by atoms with E-state index in [1.807, 2.05) is 30.3 Å². The summed E-state index contributed by atoms with van der Waals surface area (Å²) in [5.41, 5.74) is 4.53. The van der Waals surface area contributed by atoms with Crippen molar-refractivity contribution in [1.82, 2.24) is 0 Å². The van der Waals surface area contributed by atoms with Crippen molar-refractivity contribution in [3.05, 3.63) is 67.6 Å². The second-order valence-corrected chi connectivity index (χ2v) is 8.16. The number of carbonyl (C=O) groups is 1. The van der Waals surface area contributed by atoms with Crippen molar-refractivity contribution in [2.75, 3.05) is 0 Å². The van der Waals surface area contributed by atoms with Gasteiger partial charge < -0.3 is 6.53 Å². The Morgan fingerprint density at radius 1 is 0.923 bits per heavy atom. The van der Waals surface area contributed by atoms with Gasteiger partial charge in [-0.2, -0.15) is 0 Å². The largest absolute Gasteiger partial charge is 1.00 e. The Morgan fingerprint density at radius 2 is 1.54 bits per heavy atom. The summed E-state index contributed by atoms with van der Waals surface area (Å²) >= 11 is 6.83. The summed E-state index contributed by atoms with van der Waals surface area (Å²) in [6.45, 7) is 0. The second kappa shape index (κ2) is 11.2. The fourth-order valence-corrected chi connectivity index (χ4v) is 4.19. The van der Waals surface area contributed by atoms with E-state index in [4.69, 9.17) is 0 Å². The Bertz CT molecular complexity index is 774. The maximum atomic E-state index is 11.4. The summed E-state index contributed by atoms with van der Waals surface area (Å²) in [4.78, 5) is 11.4. The van der Waals surface area contributed by atoms with Gasteiger partial charge in [0.05, 0.1) is 6.10 Å². The topological polar surface area (TPSA) is 37.3 Å². The predicted molar refractivity (Wildman–Crippen MR) is 110 cm³/mol. The molecule has 0 aliphatic heterocycles. The van der Waals surface area contributed by atoms with Gasteiger partial charge in [-0.15, -0.1) is 0 Å². The van der Waals surface area contributed by atoms with Crippen molar-refractivity contribution < 1.29 is 40.9 Å². The van der Waals surface area contributed by atoms with Crippen LogP contribution in [0.5, 0.6) is 0 Å². The maximum absolute atomic E-state index is 11.4. The van der Waals surface area contributed by atoms with E-state index in [1.54, 1.807) is 0 Å². The number of halogens is 2. The molecule has 1 unspecified atom stereocenters. The van der Waals surface area contributed by atoms with E-state index < -0.39 is 0 Å². The molecule has 3 radical (unpaired) electrons. The Balaban J connectivity index is 0.000000451. The number of aliphatic hydroxyl groups is 1. The van der Waals surface area contributed by atoms with E-state index in [2.05, 4.69) is 37.9 Å². The number of aliphatic hydroxyl groups excluding tert-OH is 1. The first-order chi connectivity index (χ1) is 11.5. The molecular formula is C20H21BBr2NaO2. The molecule has 2 aliphatic rings. The summed E-state index contributed by atoms with van der Waals surface area (Å²) in [6.07, 6.45) is 5.64. The number of Topliss-reactive ketones (excluding diaryl/α,β-unsaturated/α-hetero) is 1. The molecule has 0 fully saturated rings. The van der Waals surface area contributed by atoms with Crippen molar-refractivity contribution in [3.63, 3.8) is 0 Å². The van der Waals surface area contributed by atoms with Crippen LogP contribution in [-0.2, 0) is 12.8 Å². The number of carbonyl (C=O) groups excluding carboxylic acids is 1. The molecule has 131 valence electrons. The van der Waals surface area contributed by atoms with Gasteiger partial charge in [-0.05, 0) is 73.1 Å². The van der Waals surface area contributed by atoms with Gasteiger partial charge in [0.1, 0.15) is 0 Å². The minimum Gasteiger partial charge on any atom is -1.00 e. The van der Waals surface area contributed by atoms with E-state index in [9.17, 15) is 9.90 Å². The molecule has 0 saturated carbocycles. The minimum absolute atomic E-state index is 0. The number of ketones is 1. The standard InChI is InChI=1S/C10H11BrO.C10H9BrO.B.Na.H/c2*11-8-4-5-9-7(6-8)2-1-3-10(9)12;;;/h4-6,10,12H,1-3H2;4-6H,1-3H2;;;/q;;;+1;-1. The zero-order valence-electron chi connectivity index (χ0n) is 16.0. The van der Waals surface area contributed by atoms with Crippen LogP contribution in [0.3, 0.4) is 0 Å².